The number of alkyl carbamates (subject to hydrolysis) is 1. The highest BCUT2D eigenvalue weighted by molar-refractivity contribution is 6.74. The first-order valence-corrected chi connectivity index (χ1v) is 37.7. The van der Waals surface area contributed by atoms with Gasteiger partial charge in [0.25, 0.3) is 11.8 Å². The predicted octanol–water partition coefficient (Wildman–Crippen LogP) is 12.8. The van der Waals surface area contributed by atoms with E-state index >= 15 is 0 Å². The third-order valence-electron chi connectivity index (χ3n) is 17.1. The summed E-state index contributed by atoms with van der Waals surface area (Å²) in [6.45, 7) is 37.3. The average molecular weight is 1320 g/mol. The first-order chi connectivity index (χ1) is 42.9. The fraction of sp³-hybridized carbons (Fsp3) is 0.597. The largest absolute Gasteiger partial charge is 0.504 e. The number of hydrogen-bond donors (Lipinski definition) is 6. The number of ether oxygens (including phenoxy) is 6. The van der Waals surface area contributed by atoms with Crippen molar-refractivity contribution in [1.29, 1.82) is 0 Å². The van der Waals surface area contributed by atoms with Gasteiger partial charge >= 0.3 is 18.3 Å². The Kier molecular flexibility index (Phi) is 27.0. The number of phenols is 1. The molecule has 2 fully saturated rings. The maximum atomic E-state index is 14.6. The molecule has 7 amide bonds. The van der Waals surface area contributed by atoms with Crippen LogP contribution in [0.3, 0.4) is 0 Å². The lowest BCUT2D eigenvalue weighted by Gasteiger charge is -2.38. The Morgan fingerprint density at radius 3 is 1.65 bits per heavy atom. The number of phenolic OH excluding ortho intramolecular Hbond substituents is 1. The van der Waals surface area contributed by atoms with E-state index in [-0.39, 0.29) is 94.4 Å². The second-order valence-corrected chi connectivity index (χ2v) is 37.5. The number of aromatic hydroxyl groups is 1. The number of unbranched alkanes of at least 4 members (excludes halogenated alkanes) is 2. The van der Waals surface area contributed by atoms with E-state index in [4.69, 9.17) is 37.3 Å². The molecular weight excluding hydrogens is 1210 g/mol. The van der Waals surface area contributed by atoms with Crippen molar-refractivity contribution in [2.45, 2.75) is 201 Å². The molecule has 6 N–H and O–H groups in total. The maximum absolute atomic E-state index is 14.6. The number of benzene rings is 3. The topological polar surface area (TPSA) is 280 Å². The molecule has 0 saturated carbocycles. The van der Waals surface area contributed by atoms with Crippen LogP contribution in [0.4, 0.5) is 31.4 Å². The highest BCUT2D eigenvalue weighted by Gasteiger charge is 2.42. The molecule has 510 valence electrons. The molecule has 3 aromatic rings. The van der Waals surface area contributed by atoms with Crippen molar-refractivity contribution in [1.82, 2.24) is 20.4 Å². The number of carbonyl (C=O) groups excluding carboxylic acids is 7. The third-order valence-corrected chi connectivity index (χ3v) is 26.1. The van der Waals surface area contributed by atoms with Crippen LogP contribution in [0.15, 0.2) is 61.2 Å². The van der Waals surface area contributed by atoms with Crippen LogP contribution in [-0.4, -0.2) is 156 Å². The van der Waals surface area contributed by atoms with Crippen molar-refractivity contribution >= 4 is 75.6 Å². The summed E-state index contributed by atoms with van der Waals surface area (Å²) in [5.74, 6) is -1.78. The van der Waals surface area contributed by atoms with Crippen LogP contribution >= 0.6 is 0 Å². The number of amides is 7. The molecule has 5 rings (SSSR count). The summed E-state index contributed by atoms with van der Waals surface area (Å²) >= 11 is 0. The van der Waals surface area contributed by atoms with Gasteiger partial charge in [0.2, 0.25) is 11.8 Å². The van der Waals surface area contributed by atoms with Gasteiger partial charge in [-0.25, -0.2) is 14.4 Å². The minimum atomic E-state index is -2.17. The monoisotopic (exact) mass is 1320 g/mol. The molecule has 0 aliphatic carbocycles. The predicted molar refractivity (Wildman–Crippen MR) is 360 cm³/mol. The van der Waals surface area contributed by atoms with E-state index in [2.05, 4.69) is 101 Å². The number of nitrogens with one attached hydrogen (secondary N) is 5. The summed E-state index contributed by atoms with van der Waals surface area (Å²) in [5.41, 5.74) is 0.664. The first kappa shape index (κ1) is 75.4. The van der Waals surface area contributed by atoms with Crippen LogP contribution in [0.25, 0.3) is 0 Å². The molecule has 2 aliphatic heterocycles. The van der Waals surface area contributed by atoms with Gasteiger partial charge < -0.3 is 68.1 Å². The molecule has 2 heterocycles. The van der Waals surface area contributed by atoms with Gasteiger partial charge in [0.1, 0.15) is 30.9 Å². The Hall–Kier alpha value is -7.36. The maximum Gasteiger partial charge on any atom is 0.412 e. The molecule has 0 bridgehead atoms. The van der Waals surface area contributed by atoms with Crippen LogP contribution in [0, 0.1) is 5.92 Å². The van der Waals surface area contributed by atoms with Gasteiger partial charge in [0.05, 0.1) is 68.1 Å². The fourth-order valence-electron chi connectivity index (χ4n) is 9.58. The van der Waals surface area contributed by atoms with E-state index in [0.29, 0.717) is 68.3 Å². The van der Waals surface area contributed by atoms with Gasteiger partial charge in [-0.05, 0) is 145 Å². The zero-order valence-corrected chi connectivity index (χ0v) is 59.4. The third kappa shape index (κ3) is 21.9. The smallest absolute Gasteiger partial charge is 0.412 e. The molecule has 4 atom stereocenters. The summed E-state index contributed by atoms with van der Waals surface area (Å²) in [7, 11) is -2.79. The average Bonchev–Trinajstić information content (AvgIpc) is 1.34. The first-order valence-electron chi connectivity index (χ1n) is 31.9. The number of hydrogen-bond acceptors (Lipinski definition) is 16. The van der Waals surface area contributed by atoms with Crippen molar-refractivity contribution in [3.8, 4) is 23.0 Å². The molecule has 3 aromatic carbocycles. The highest BCUT2D eigenvalue weighted by atomic mass is 28.4. The molecule has 2 aliphatic rings. The van der Waals surface area contributed by atoms with E-state index in [0.717, 1.165) is 25.7 Å². The molecule has 2 saturated heterocycles. The summed E-state index contributed by atoms with van der Waals surface area (Å²) in [5, 5.41) is 24.8. The van der Waals surface area contributed by atoms with E-state index in [9.17, 15) is 38.7 Å². The van der Waals surface area contributed by atoms with Crippen LogP contribution in [0.2, 0.25) is 36.3 Å². The molecule has 4 unspecified atom stereocenters. The number of anilines is 3. The van der Waals surface area contributed by atoms with Crippen molar-refractivity contribution in [2.75, 3.05) is 69.2 Å². The van der Waals surface area contributed by atoms with Crippen molar-refractivity contribution in [3.05, 3.63) is 77.9 Å². The highest BCUT2D eigenvalue weighted by Crippen LogP contribution is 2.41. The summed E-state index contributed by atoms with van der Waals surface area (Å²) in [6, 6.07) is 10.0. The lowest BCUT2D eigenvalue weighted by molar-refractivity contribution is -0.128. The number of rotatable bonds is 29. The van der Waals surface area contributed by atoms with Crippen molar-refractivity contribution < 1.29 is 75.9 Å². The van der Waals surface area contributed by atoms with E-state index in [1.165, 1.54) is 32.2 Å². The molecule has 23 nitrogen and oxygen atoms in total. The molecule has 0 radical (unpaired) electrons. The van der Waals surface area contributed by atoms with E-state index in [1.54, 1.807) is 75.9 Å². The minimum absolute atomic E-state index is 0.00224. The minimum Gasteiger partial charge on any atom is -0.504 e. The van der Waals surface area contributed by atoms with Gasteiger partial charge in [-0.3, -0.25) is 29.8 Å². The number of carbonyl (C=O) groups is 7. The number of methoxy groups -OCH3 is 1. The quantitative estimate of drug-likeness (QED) is 0.0124. The zero-order valence-electron chi connectivity index (χ0n) is 57.4. The van der Waals surface area contributed by atoms with Gasteiger partial charge in [0, 0.05) is 30.9 Å². The SMILES string of the molecule is C=CCOC(=O)NC(C(=O)NC(C)C(=O)Nc1ccc(COC(=O)Nc2cc(OCCCCCOc3cc(NC(=O)OC(C)(C)C)c(C(=O)N4CCCC4CO[Si](C)(C)C(C)(C)C)cc3OC)c(O)cc2C(=O)N2CCCC2CO[Si](C)(C)C(C)(C)C)cc1)C(C)C. The van der Waals surface area contributed by atoms with Gasteiger partial charge in [-0.1, -0.05) is 80.2 Å². The van der Waals surface area contributed by atoms with E-state index in [1.807, 2.05) is 4.90 Å². The molecule has 25 heteroatoms. The Balaban J connectivity index is 1.25. The van der Waals surface area contributed by atoms with Crippen LogP contribution < -0.4 is 40.8 Å². The molecular formula is C67H103N7O16Si2. The van der Waals surface area contributed by atoms with Crippen molar-refractivity contribution in [3.63, 3.8) is 0 Å². The van der Waals surface area contributed by atoms with Gasteiger partial charge in [0.15, 0.2) is 39.6 Å². The Bertz CT molecular complexity index is 3050. The standard InChI is InChI=1S/C67H103N7O16Si2/c1-19-33-86-63(81)72-57(43(2)3)59(77)68-44(4)58(76)69-46-29-27-45(28-30-46)40-87-62(80)70-51-38-54(53(75)36-49(51)60(78)73-31-23-25-47(73)41-88-91(15,16)66(8,9)10)84-34-21-20-22-35-85-56-39-52(71-64(82)90-65(5,6)7)50(37-55(56)83-14)61(79)74-32-24-26-48(74)42-89-92(17,18)67(11,12)13/h19,27-30,36-39,43-44,47-48,57,75H,1,20-26,31-35,40-42H2,2-18H3,(H,68,77)(H,69,76)(H,70,80)(H,71,82)(H,72,81). The summed E-state index contributed by atoms with van der Waals surface area (Å²) in [4.78, 5) is 97.8. The van der Waals surface area contributed by atoms with E-state index < -0.39 is 70.3 Å². The van der Waals surface area contributed by atoms with Crippen LogP contribution in [0.1, 0.15) is 154 Å². The normalized spacial score (nSPS) is 16.0. The van der Waals surface area contributed by atoms with Gasteiger partial charge in [-0.2, -0.15) is 0 Å². The number of likely N-dealkylation sites (tertiary alicyclic amines) is 2. The van der Waals surface area contributed by atoms with Crippen molar-refractivity contribution in [2.24, 2.45) is 5.92 Å². The summed E-state index contributed by atoms with van der Waals surface area (Å²) in [6.07, 6.45) is 3.70. The second-order valence-electron chi connectivity index (χ2n) is 27.9. The Labute approximate surface area is 546 Å². The molecule has 92 heavy (non-hydrogen) atoms. The Morgan fingerprint density at radius 1 is 0.641 bits per heavy atom. The summed E-state index contributed by atoms with van der Waals surface area (Å²) < 4.78 is 47.5. The zero-order chi connectivity index (χ0) is 68.5. The van der Waals surface area contributed by atoms with Crippen LogP contribution in [-0.2, 0) is 39.3 Å². The lowest BCUT2D eigenvalue weighted by Crippen LogP contribution is -2.53. The Morgan fingerprint density at radius 2 is 1.15 bits per heavy atom. The second kappa shape index (κ2) is 33.0. The molecule has 0 aromatic heterocycles. The number of nitrogens with zero attached hydrogens (tertiary/aromatic N) is 2. The van der Waals surface area contributed by atoms with Gasteiger partial charge in [-0.15, -0.1) is 0 Å². The fourth-order valence-corrected chi connectivity index (χ4v) is 11.7. The van der Waals surface area contributed by atoms with Crippen LogP contribution in [0.5, 0.6) is 23.0 Å². The lowest BCUT2D eigenvalue weighted by atomic mass is 10.0. The molecule has 0 spiro atoms.